The van der Waals surface area contributed by atoms with E-state index in [0.29, 0.717) is 22.0 Å². The molecular formula is C16H24ClN3O. The number of anilines is 1. The number of oxime groups is 1. The molecule has 116 valence electrons. The van der Waals surface area contributed by atoms with Gasteiger partial charge in [-0.25, -0.2) is 0 Å². The third kappa shape index (κ3) is 3.62. The minimum atomic E-state index is 0.0930. The Labute approximate surface area is 131 Å². The molecule has 0 saturated heterocycles. The summed E-state index contributed by atoms with van der Waals surface area (Å²) in [4.78, 5) is 2.24. The predicted octanol–water partition coefficient (Wildman–Crippen LogP) is 3.84. The molecule has 0 aliphatic heterocycles. The molecule has 0 heterocycles. The number of halogens is 1. The van der Waals surface area contributed by atoms with E-state index in [0.717, 1.165) is 18.5 Å². The Kier molecular flexibility index (Phi) is 4.67. The first-order chi connectivity index (χ1) is 9.84. The molecule has 0 atom stereocenters. The second-order valence-electron chi connectivity index (χ2n) is 6.65. The Morgan fingerprint density at radius 3 is 2.57 bits per heavy atom. The molecule has 3 N–H and O–H groups in total. The van der Waals surface area contributed by atoms with E-state index in [-0.39, 0.29) is 5.84 Å². The molecule has 0 radical (unpaired) electrons. The van der Waals surface area contributed by atoms with Crippen molar-refractivity contribution in [3.05, 3.63) is 28.8 Å². The van der Waals surface area contributed by atoms with E-state index < -0.39 is 0 Å². The molecule has 2 rings (SSSR count). The van der Waals surface area contributed by atoms with Crippen LogP contribution in [-0.2, 0) is 0 Å². The van der Waals surface area contributed by atoms with Crippen LogP contribution in [0.5, 0.6) is 0 Å². The molecule has 21 heavy (non-hydrogen) atoms. The standard InChI is InChI=1S/C16H24ClN3O/c1-16(2)8-6-12(7-9-16)20(3)14-5-4-11(17)10-13(14)15(18)19-21/h4-5,10,12,21H,6-9H2,1-3H3,(H2,18,19). The van der Waals surface area contributed by atoms with Crippen molar-refractivity contribution in [2.45, 2.75) is 45.6 Å². The Balaban J connectivity index is 2.25. The summed E-state index contributed by atoms with van der Waals surface area (Å²) in [7, 11) is 2.07. The lowest BCUT2D eigenvalue weighted by molar-refractivity contribution is 0.222. The molecule has 0 amide bonds. The van der Waals surface area contributed by atoms with Crippen LogP contribution in [0.4, 0.5) is 5.69 Å². The maximum atomic E-state index is 8.97. The summed E-state index contributed by atoms with van der Waals surface area (Å²) < 4.78 is 0. The number of hydrogen-bond acceptors (Lipinski definition) is 3. The average Bonchev–Trinajstić information content (AvgIpc) is 2.45. The number of hydrogen-bond donors (Lipinski definition) is 2. The van der Waals surface area contributed by atoms with Crippen molar-refractivity contribution in [1.82, 2.24) is 0 Å². The lowest BCUT2D eigenvalue weighted by atomic mass is 9.75. The first-order valence-corrected chi connectivity index (χ1v) is 7.72. The average molecular weight is 310 g/mol. The molecular weight excluding hydrogens is 286 g/mol. The van der Waals surface area contributed by atoms with Crippen LogP contribution >= 0.6 is 11.6 Å². The maximum Gasteiger partial charge on any atom is 0.172 e. The summed E-state index contributed by atoms with van der Waals surface area (Å²) in [5, 5.41) is 12.7. The van der Waals surface area contributed by atoms with Gasteiger partial charge in [0.1, 0.15) is 0 Å². The molecule has 0 unspecified atom stereocenters. The van der Waals surface area contributed by atoms with Crippen LogP contribution in [0.25, 0.3) is 0 Å². The quantitative estimate of drug-likeness (QED) is 0.386. The van der Waals surface area contributed by atoms with E-state index in [1.807, 2.05) is 12.1 Å². The van der Waals surface area contributed by atoms with E-state index in [1.165, 1.54) is 12.8 Å². The van der Waals surface area contributed by atoms with Crippen LogP contribution in [0.1, 0.15) is 45.1 Å². The van der Waals surface area contributed by atoms with Gasteiger partial charge in [-0.3, -0.25) is 0 Å². The Bertz CT molecular complexity index is 532. The first kappa shape index (κ1) is 16.0. The molecule has 1 aromatic carbocycles. The van der Waals surface area contributed by atoms with Gasteiger partial charge in [-0.15, -0.1) is 0 Å². The highest BCUT2D eigenvalue weighted by Crippen LogP contribution is 2.38. The molecule has 1 aromatic rings. The highest BCUT2D eigenvalue weighted by Gasteiger charge is 2.29. The normalized spacial score (nSPS) is 19.5. The zero-order valence-corrected chi connectivity index (χ0v) is 13.7. The van der Waals surface area contributed by atoms with Crippen molar-refractivity contribution in [3.8, 4) is 0 Å². The number of amidine groups is 1. The minimum absolute atomic E-state index is 0.0930. The molecule has 1 aliphatic carbocycles. The van der Waals surface area contributed by atoms with E-state index in [4.69, 9.17) is 22.5 Å². The Hall–Kier alpha value is -1.42. The van der Waals surface area contributed by atoms with Gasteiger partial charge in [0.2, 0.25) is 0 Å². The minimum Gasteiger partial charge on any atom is -0.409 e. The number of benzene rings is 1. The largest absolute Gasteiger partial charge is 0.409 e. The predicted molar refractivity (Wildman–Crippen MR) is 88.4 cm³/mol. The Morgan fingerprint density at radius 2 is 2.00 bits per heavy atom. The van der Waals surface area contributed by atoms with E-state index in [1.54, 1.807) is 6.07 Å². The Morgan fingerprint density at radius 1 is 1.38 bits per heavy atom. The molecule has 0 bridgehead atoms. The molecule has 1 saturated carbocycles. The third-order valence-corrected chi connectivity index (χ3v) is 4.81. The van der Waals surface area contributed by atoms with Gasteiger partial charge >= 0.3 is 0 Å². The summed E-state index contributed by atoms with van der Waals surface area (Å²) in [6.07, 6.45) is 4.74. The molecule has 0 aromatic heterocycles. The van der Waals surface area contributed by atoms with Crippen molar-refractivity contribution in [2.75, 3.05) is 11.9 Å². The number of rotatable bonds is 3. The fourth-order valence-corrected chi connectivity index (χ4v) is 3.21. The van der Waals surface area contributed by atoms with Gasteiger partial charge in [0.25, 0.3) is 0 Å². The van der Waals surface area contributed by atoms with Crippen LogP contribution < -0.4 is 10.6 Å². The van der Waals surface area contributed by atoms with E-state index in [2.05, 4.69) is 31.0 Å². The van der Waals surface area contributed by atoms with Crippen LogP contribution in [0, 0.1) is 5.41 Å². The summed E-state index contributed by atoms with van der Waals surface area (Å²) in [5.74, 6) is 0.0930. The van der Waals surface area contributed by atoms with Gasteiger partial charge in [-0.05, 0) is 49.3 Å². The van der Waals surface area contributed by atoms with Crippen LogP contribution in [-0.4, -0.2) is 24.1 Å². The van der Waals surface area contributed by atoms with E-state index >= 15 is 0 Å². The SMILES string of the molecule is CN(c1ccc(Cl)cc1/C(N)=N/O)C1CCC(C)(C)CC1. The van der Waals surface area contributed by atoms with Crippen molar-refractivity contribution in [3.63, 3.8) is 0 Å². The van der Waals surface area contributed by atoms with Crippen molar-refractivity contribution in [2.24, 2.45) is 16.3 Å². The highest BCUT2D eigenvalue weighted by atomic mass is 35.5. The van der Waals surface area contributed by atoms with E-state index in [9.17, 15) is 0 Å². The zero-order valence-electron chi connectivity index (χ0n) is 12.9. The summed E-state index contributed by atoms with van der Waals surface area (Å²) in [6, 6.07) is 6.00. The third-order valence-electron chi connectivity index (χ3n) is 4.58. The van der Waals surface area contributed by atoms with Crippen molar-refractivity contribution in [1.29, 1.82) is 0 Å². The second-order valence-corrected chi connectivity index (χ2v) is 7.09. The van der Waals surface area contributed by atoms with Crippen LogP contribution in [0.3, 0.4) is 0 Å². The first-order valence-electron chi connectivity index (χ1n) is 7.34. The van der Waals surface area contributed by atoms with Crippen molar-refractivity contribution < 1.29 is 5.21 Å². The molecule has 4 nitrogen and oxygen atoms in total. The van der Waals surface area contributed by atoms with Gasteiger partial charge in [0, 0.05) is 29.4 Å². The van der Waals surface area contributed by atoms with Gasteiger partial charge in [0.05, 0.1) is 0 Å². The van der Waals surface area contributed by atoms with Crippen LogP contribution in [0.2, 0.25) is 5.02 Å². The van der Waals surface area contributed by atoms with Gasteiger partial charge in [-0.2, -0.15) is 0 Å². The molecule has 5 heteroatoms. The fraction of sp³-hybridized carbons (Fsp3) is 0.562. The number of nitrogens with two attached hydrogens (primary N) is 1. The monoisotopic (exact) mass is 309 g/mol. The highest BCUT2D eigenvalue weighted by molar-refractivity contribution is 6.31. The van der Waals surface area contributed by atoms with Gasteiger partial charge in [0.15, 0.2) is 5.84 Å². The van der Waals surface area contributed by atoms with Crippen LogP contribution in [0.15, 0.2) is 23.4 Å². The molecule has 1 fully saturated rings. The molecule has 1 aliphatic rings. The lowest BCUT2D eigenvalue weighted by Crippen LogP contribution is -2.38. The smallest absolute Gasteiger partial charge is 0.172 e. The number of nitrogens with zero attached hydrogens (tertiary/aromatic N) is 2. The molecule has 0 spiro atoms. The second kappa shape index (κ2) is 6.14. The zero-order chi connectivity index (χ0) is 15.6. The summed E-state index contributed by atoms with van der Waals surface area (Å²) >= 11 is 6.04. The van der Waals surface area contributed by atoms with Gasteiger partial charge in [-0.1, -0.05) is 30.6 Å². The summed E-state index contributed by atoms with van der Waals surface area (Å²) in [6.45, 7) is 4.65. The topological polar surface area (TPSA) is 61.8 Å². The fourth-order valence-electron chi connectivity index (χ4n) is 3.04. The maximum absolute atomic E-state index is 8.97. The summed E-state index contributed by atoms with van der Waals surface area (Å²) in [5.41, 5.74) is 7.86. The lowest BCUT2D eigenvalue weighted by Gasteiger charge is -2.40. The van der Waals surface area contributed by atoms with Gasteiger partial charge < -0.3 is 15.8 Å². The van der Waals surface area contributed by atoms with Crippen molar-refractivity contribution >= 4 is 23.1 Å².